The van der Waals surface area contributed by atoms with Crippen LogP contribution in [0, 0.1) is 0 Å². The average molecular weight is 526 g/mol. The Hall–Kier alpha value is -1.81. The summed E-state index contributed by atoms with van der Waals surface area (Å²) in [7, 11) is 3.65. The molecule has 166 valence electrons. The number of benzene rings is 1. The van der Waals surface area contributed by atoms with Crippen molar-refractivity contribution in [2.24, 2.45) is 12.0 Å². The van der Waals surface area contributed by atoms with Gasteiger partial charge in [-0.25, -0.2) is 4.99 Å². The van der Waals surface area contributed by atoms with Crippen molar-refractivity contribution in [1.29, 1.82) is 0 Å². The molecule has 0 bridgehead atoms. The van der Waals surface area contributed by atoms with Crippen LogP contribution in [-0.2, 0) is 13.6 Å². The highest BCUT2D eigenvalue weighted by Crippen LogP contribution is 2.25. The van der Waals surface area contributed by atoms with Crippen LogP contribution in [0.2, 0.25) is 0 Å². The number of likely N-dealkylation sites (tertiary alicyclic amines) is 1. The number of aliphatic imine (C=N–C) groups is 1. The van der Waals surface area contributed by atoms with Gasteiger partial charge < -0.3 is 15.4 Å². The first-order valence-corrected chi connectivity index (χ1v) is 10.6. The van der Waals surface area contributed by atoms with Gasteiger partial charge in [0.05, 0.1) is 25.4 Å². The van der Waals surface area contributed by atoms with Gasteiger partial charge in [-0.1, -0.05) is 18.6 Å². The Kier molecular flexibility index (Phi) is 10.4. The van der Waals surface area contributed by atoms with Crippen LogP contribution in [0.1, 0.15) is 43.5 Å². The molecule has 0 amide bonds. The number of piperidine rings is 1. The molecule has 3 rings (SSSR count). The van der Waals surface area contributed by atoms with Gasteiger partial charge in [0.15, 0.2) is 5.96 Å². The number of hydrogen-bond acceptors (Lipinski definition) is 4. The van der Waals surface area contributed by atoms with E-state index in [4.69, 9.17) is 9.73 Å². The summed E-state index contributed by atoms with van der Waals surface area (Å²) >= 11 is 0. The lowest BCUT2D eigenvalue weighted by atomic mass is 10.0. The van der Waals surface area contributed by atoms with E-state index in [0.29, 0.717) is 12.6 Å². The monoisotopic (exact) mass is 526 g/mol. The van der Waals surface area contributed by atoms with Gasteiger partial charge in [-0.3, -0.25) is 9.58 Å². The fourth-order valence-electron chi connectivity index (χ4n) is 3.77. The molecule has 2 aromatic rings. The highest BCUT2D eigenvalue weighted by atomic mass is 127. The number of aromatic nitrogens is 2. The van der Waals surface area contributed by atoms with Crippen molar-refractivity contribution in [1.82, 2.24) is 25.3 Å². The van der Waals surface area contributed by atoms with Crippen LogP contribution in [0.25, 0.3) is 0 Å². The largest absolute Gasteiger partial charge is 0.497 e. The van der Waals surface area contributed by atoms with E-state index in [2.05, 4.69) is 39.7 Å². The highest BCUT2D eigenvalue weighted by molar-refractivity contribution is 14.0. The van der Waals surface area contributed by atoms with Crippen molar-refractivity contribution in [3.63, 3.8) is 0 Å². The Balaban J connectivity index is 0.00000320. The lowest BCUT2D eigenvalue weighted by molar-refractivity contribution is 0.164. The molecule has 1 aromatic heterocycles. The zero-order valence-corrected chi connectivity index (χ0v) is 20.6. The topological polar surface area (TPSA) is 66.7 Å². The molecule has 1 atom stereocenters. The van der Waals surface area contributed by atoms with Crippen molar-refractivity contribution in [3.8, 4) is 5.75 Å². The summed E-state index contributed by atoms with van der Waals surface area (Å²) in [6.07, 6.45) is 5.66. The van der Waals surface area contributed by atoms with Crippen LogP contribution in [0.15, 0.2) is 41.5 Å². The number of ether oxygens (including phenoxy) is 1. The minimum absolute atomic E-state index is 0. The van der Waals surface area contributed by atoms with Gasteiger partial charge in [-0.15, -0.1) is 24.0 Å². The molecule has 1 saturated heterocycles. The maximum Gasteiger partial charge on any atom is 0.191 e. The first-order valence-electron chi connectivity index (χ1n) is 10.6. The average Bonchev–Trinajstić information content (AvgIpc) is 3.18. The molecule has 8 heteroatoms. The van der Waals surface area contributed by atoms with Crippen LogP contribution in [-0.4, -0.2) is 53.9 Å². The Morgan fingerprint density at radius 2 is 1.87 bits per heavy atom. The van der Waals surface area contributed by atoms with E-state index in [-0.39, 0.29) is 24.0 Å². The zero-order valence-electron chi connectivity index (χ0n) is 18.3. The fraction of sp³-hybridized carbons (Fsp3) is 0.545. The number of halogens is 1. The molecule has 30 heavy (non-hydrogen) atoms. The van der Waals surface area contributed by atoms with E-state index in [0.717, 1.165) is 43.6 Å². The summed E-state index contributed by atoms with van der Waals surface area (Å²) in [4.78, 5) is 7.34. The molecule has 0 radical (unpaired) electrons. The Bertz CT molecular complexity index is 770. The smallest absolute Gasteiger partial charge is 0.191 e. The number of hydrogen-bond donors (Lipinski definition) is 2. The van der Waals surface area contributed by atoms with E-state index in [1.165, 1.54) is 24.8 Å². The van der Waals surface area contributed by atoms with Gasteiger partial charge in [0.1, 0.15) is 5.75 Å². The summed E-state index contributed by atoms with van der Waals surface area (Å²) in [5, 5.41) is 11.1. The third-order valence-corrected chi connectivity index (χ3v) is 5.46. The number of nitrogens with one attached hydrogen (secondary N) is 2. The van der Waals surface area contributed by atoms with Gasteiger partial charge in [0.25, 0.3) is 0 Å². The van der Waals surface area contributed by atoms with Crippen molar-refractivity contribution < 1.29 is 4.74 Å². The normalized spacial score (nSPS) is 15.9. The van der Waals surface area contributed by atoms with E-state index in [1.807, 2.05) is 29.9 Å². The van der Waals surface area contributed by atoms with Gasteiger partial charge in [0, 0.05) is 26.3 Å². The molecule has 7 nitrogen and oxygen atoms in total. The third kappa shape index (κ3) is 6.87. The lowest BCUT2D eigenvalue weighted by Crippen LogP contribution is -2.44. The molecule has 2 heterocycles. The van der Waals surface area contributed by atoms with Crippen LogP contribution >= 0.6 is 24.0 Å². The zero-order chi connectivity index (χ0) is 20.5. The summed E-state index contributed by atoms with van der Waals surface area (Å²) < 4.78 is 7.20. The van der Waals surface area contributed by atoms with Crippen molar-refractivity contribution in [3.05, 3.63) is 47.8 Å². The van der Waals surface area contributed by atoms with Crippen LogP contribution < -0.4 is 15.4 Å². The van der Waals surface area contributed by atoms with Gasteiger partial charge in [-0.2, -0.15) is 5.10 Å². The maximum atomic E-state index is 5.34. The first-order chi connectivity index (χ1) is 14.2. The minimum Gasteiger partial charge on any atom is -0.497 e. The molecular weight excluding hydrogens is 491 g/mol. The minimum atomic E-state index is 0. The maximum absolute atomic E-state index is 5.34. The van der Waals surface area contributed by atoms with Crippen molar-refractivity contribution in [2.45, 2.75) is 38.8 Å². The number of aryl methyl sites for hydroxylation is 1. The van der Waals surface area contributed by atoms with E-state index < -0.39 is 0 Å². The van der Waals surface area contributed by atoms with E-state index in [9.17, 15) is 0 Å². The van der Waals surface area contributed by atoms with E-state index in [1.54, 1.807) is 13.3 Å². The first kappa shape index (κ1) is 24.5. The number of guanidine groups is 1. The molecule has 0 spiro atoms. The Labute approximate surface area is 197 Å². The van der Waals surface area contributed by atoms with Crippen LogP contribution in [0.3, 0.4) is 0 Å². The predicted molar refractivity (Wildman–Crippen MR) is 133 cm³/mol. The van der Waals surface area contributed by atoms with Gasteiger partial charge in [-0.05, 0) is 56.6 Å². The lowest BCUT2D eigenvalue weighted by Gasteiger charge is -2.35. The Morgan fingerprint density at radius 3 is 2.47 bits per heavy atom. The summed E-state index contributed by atoms with van der Waals surface area (Å²) in [5.74, 6) is 1.73. The number of methoxy groups -OCH3 is 1. The van der Waals surface area contributed by atoms with Crippen LogP contribution in [0.5, 0.6) is 5.75 Å². The molecule has 0 saturated carbocycles. The SMILES string of the molecule is CCNC(=NCc1ccnn1C)NCC(c1ccc(OC)cc1)N1CCCCC1.I. The van der Waals surface area contributed by atoms with Crippen molar-refractivity contribution in [2.75, 3.05) is 33.3 Å². The second-order valence-corrected chi connectivity index (χ2v) is 7.41. The standard InChI is InChI=1S/C22H34N6O.HI/c1-4-23-22(24-16-19-12-13-26-27(19)2)25-17-21(28-14-6-5-7-15-28)18-8-10-20(29-3)11-9-18;/h8-13,21H,4-7,14-17H2,1-3H3,(H2,23,24,25);1H. The molecule has 1 aliphatic rings. The number of nitrogens with zero attached hydrogens (tertiary/aromatic N) is 4. The molecule has 1 aliphatic heterocycles. The van der Waals surface area contributed by atoms with E-state index >= 15 is 0 Å². The third-order valence-electron chi connectivity index (χ3n) is 5.46. The Morgan fingerprint density at radius 1 is 1.13 bits per heavy atom. The molecule has 1 aromatic carbocycles. The molecule has 1 fully saturated rings. The second kappa shape index (κ2) is 12.8. The summed E-state index contributed by atoms with van der Waals surface area (Å²) in [6.45, 7) is 6.61. The summed E-state index contributed by atoms with van der Waals surface area (Å²) in [5.41, 5.74) is 2.40. The molecule has 0 aliphatic carbocycles. The summed E-state index contributed by atoms with van der Waals surface area (Å²) in [6, 6.07) is 10.8. The quantitative estimate of drug-likeness (QED) is 0.314. The molecule has 1 unspecified atom stereocenters. The van der Waals surface area contributed by atoms with Gasteiger partial charge >= 0.3 is 0 Å². The van der Waals surface area contributed by atoms with Crippen LogP contribution in [0.4, 0.5) is 0 Å². The highest BCUT2D eigenvalue weighted by Gasteiger charge is 2.22. The molecule has 2 N–H and O–H groups in total. The number of rotatable bonds is 8. The fourth-order valence-corrected chi connectivity index (χ4v) is 3.77. The van der Waals surface area contributed by atoms with Crippen molar-refractivity contribution >= 4 is 29.9 Å². The molecular formula is C22H35IN6O. The van der Waals surface area contributed by atoms with Gasteiger partial charge in [0.2, 0.25) is 0 Å². The second-order valence-electron chi connectivity index (χ2n) is 7.41. The predicted octanol–water partition coefficient (Wildman–Crippen LogP) is 3.33.